The van der Waals surface area contributed by atoms with Crippen molar-refractivity contribution < 1.29 is 42.5 Å². The number of hydrogen-bond acceptors (Lipinski definition) is 13. The predicted octanol–water partition coefficient (Wildman–Crippen LogP) is 3.99. The van der Waals surface area contributed by atoms with Gasteiger partial charge in [-0.3, -0.25) is 14.1 Å². The minimum atomic E-state index is -4.19. The maximum absolute atomic E-state index is 14.3. The van der Waals surface area contributed by atoms with Crippen LogP contribution in [0.25, 0.3) is 11.2 Å². The van der Waals surface area contributed by atoms with Gasteiger partial charge in [0.2, 0.25) is 0 Å². The van der Waals surface area contributed by atoms with Crippen molar-refractivity contribution in [2.24, 2.45) is 0 Å². The molecule has 0 aliphatic carbocycles. The van der Waals surface area contributed by atoms with E-state index in [0.29, 0.717) is 41.9 Å². The number of fused-ring (bicyclic) bond motifs is 1. The zero-order valence-electron chi connectivity index (χ0n) is 27.8. The van der Waals surface area contributed by atoms with Crippen LogP contribution in [0.3, 0.4) is 0 Å². The molecule has 0 amide bonds. The predicted molar refractivity (Wildman–Crippen MR) is 180 cm³/mol. The zero-order chi connectivity index (χ0) is 35.2. The normalized spacial score (nSPS) is 17.4. The Morgan fingerprint density at radius 3 is 2.57 bits per heavy atom. The maximum atomic E-state index is 14.3. The van der Waals surface area contributed by atoms with E-state index in [1.807, 2.05) is 34.9 Å². The van der Waals surface area contributed by atoms with E-state index in [1.165, 1.54) is 13.3 Å². The molecule has 1 aliphatic rings. The van der Waals surface area contributed by atoms with Gasteiger partial charge in [0.1, 0.15) is 30.2 Å². The number of ether oxygens (including phenoxy) is 3. The number of nitrogens with one attached hydrogen (secondary N) is 1. The van der Waals surface area contributed by atoms with Crippen molar-refractivity contribution in [2.75, 3.05) is 26.1 Å². The van der Waals surface area contributed by atoms with E-state index in [2.05, 4.69) is 20.0 Å². The number of anilines is 1. The Morgan fingerprint density at radius 1 is 1.06 bits per heavy atom. The third kappa shape index (κ3) is 10.8. The Hall–Kier alpha value is -4.40. The summed E-state index contributed by atoms with van der Waals surface area (Å²) in [7, 11) is -3.19. The highest BCUT2D eigenvalue weighted by molar-refractivity contribution is 7.52. The average Bonchev–Trinajstić information content (AvgIpc) is 3.75. The number of imidazole rings is 1. The number of aromatic nitrogens is 4. The van der Waals surface area contributed by atoms with Crippen molar-refractivity contribution in [1.29, 1.82) is 0 Å². The first-order chi connectivity index (χ1) is 23.7. The Kier molecular flexibility index (Phi) is 14.0. The number of nitrogen functional groups attached to an aromatic ring is 1. The summed E-state index contributed by atoms with van der Waals surface area (Å²) < 4.78 is 44.8. The van der Waals surface area contributed by atoms with Crippen LogP contribution >= 0.6 is 7.75 Å². The lowest BCUT2D eigenvalue weighted by atomic mass is 10.1. The van der Waals surface area contributed by atoms with Gasteiger partial charge in [-0.05, 0) is 50.3 Å². The molecule has 0 saturated carbocycles. The Bertz CT molecular complexity index is 1710. The standard InChI is InChI=1S/C32H39N6O8P.CH4O/c1-3-42-28(39)16-13-24-11-7-8-12-27(24)46-47(41,37-22(2)32(40)43-18-23-9-5-4-6-10-23)44-19-26-15-14-25(45-26)17-38-21-36-29-30(33)34-20-35-31(29)38;1-2/h4-12,20-22,25-26H,3,13-19H2,1-2H3,(H,37,41)(H2,33,34,35);2H,1H3/t22-,25+,26-,47?;/m0./s1. The van der Waals surface area contributed by atoms with Gasteiger partial charge >= 0.3 is 19.7 Å². The van der Waals surface area contributed by atoms with Crippen molar-refractivity contribution in [1.82, 2.24) is 24.6 Å². The van der Waals surface area contributed by atoms with E-state index in [-0.39, 0.29) is 50.5 Å². The molecule has 1 aliphatic heterocycles. The van der Waals surface area contributed by atoms with Gasteiger partial charge in [0.25, 0.3) is 0 Å². The highest BCUT2D eigenvalue weighted by atomic mass is 31.2. The van der Waals surface area contributed by atoms with Crippen LogP contribution in [-0.2, 0) is 52.5 Å². The molecule has 15 nitrogen and oxygen atoms in total. The van der Waals surface area contributed by atoms with Gasteiger partial charge in [-0.15, -0.1) is 0 Å². The lowest BCUT2D eigenvalue weighted by Crippen LogP contribution is -2.35. The number of rotatable bonds is 16. The third-order valence-electron chi connectivity index (χ3n) is 7.48. The fraction of sp³-hybridized carbons (Fsp3) is 0.424. The number of esters is 2. The van der Waals surface area contributed by atoms with E-state index in [9.17, 15) is 14.2 Å². The average molecular weight is 699 g/mol. The summed E-state index contributed by atoms with van der Waals surface area (Å²) in [6.07, 6.45) is 4.21. The Labute approximate surface area is 284 Å². The van der Waals surface area contributed by atoms with Crippen LogP contribution in [0, 0.1) is 0 Å². The number of para-hydroxylation sites is 1. The number of hydrogen-bond donors (Lipinski definition) is 3. The summed E-state index contributed by atoms with van der Waals surface area (Å²) in [6, 6.07) is 15.1. The summed E-state index contributed by atoms with van der Waals surface area (Å²) in [5.41, 5.74) is 8.48. The molecule has 4 N–H and O–H groups in total. The minimum absolute atomic E-state index is 0.0521. The van der Waals surface area contributed by atoms with Gasteiger partial charge in [-0.1, -0.05) is 48.5 Å². The van der Waals surface area contributed by atoms with Crippen LogP contribution in [0.2, 0.25) is 0 Å². The molecular formula is C33H43N6O9P. The molecule has 0 radical (unpaired) electrons. The number of aliphatic hydroxyl groups excluding tert-OH is 1. The van der Waals surface area contributed by atoms with E-state index in [1.54, 1.807) is 37.5 Å². The van der Waals surface area contributed by atoms with Gasteiger partial charge in [-0.25, -0.2) is 19.5 Å². The lowest BCUT2D eigenvalue weighted by molar-refractivity contribution is -0.146. The summed E-state index contributed by atoms with van der Waals surface area (Å²) in [5, 5.41) is 9.74. The molecule has 3 heterocycles. The highest BCUT2D eigenvalue weighted by Gasteiger charge is 2.36. The van der Waals surface area contributed by atoms with Crippen molar-refractivity contribution in [3.05, 3.63) is 78.4 Å². The highest BCUT2D eigenvalue weighted by Crippen LogP contribution is 2.46. The van der Waals surface area contributed by atoms with Crippen molar-refractivity contribution >= 4 is 36.7 Å². The molecular weight excluding hydrogens is 655 g/mol. The topological polar surface area (TPSA) is 199 Å². The molecule has 2 aromatic carbocycles. The van der Waals surface area contributed by atoms with E-state index in [4.69, 9.17) is 34.1 Å². The van der Waals surface area contributed by atoms with E-state index >= 15 is 0 Å². The molecule has 0 bridgehead atoms. The summed E-state index contributed by atoms with van der Waals surface area (Å²) in [6.45, 7) is 3.99. The van der Waals surface area contributed by atoms with Crippen LogP contribution in [0.1, 0.15) is 44.2 Å². The smallest absolute Gasteiger partial charge is 0.459 e. The minimum Gasteiger partial charge on any atom is -0.466 e. The number of aliphatic hydroxyl groups is 1. The summed E-state index contributed by atoms with van der Waals surface area (Å²) in [4.78, 5) is 37.5. The lowest BCUT2D eigenvalue weighted by Gasteiger charge is -2.25. The van der Waals surface area contributed by atoms with Gasteiger partial charge < -0.3 is 34.1 Å². The quantitative estimate of drug-likeness (QED) is 0.112. The SMILES string of the molecule is CCOC(=O)CCc1ccccc1OP(=O)(N[C@@H](C)C(=O)OCc1ccccc1)OC[C@@H]1CC[C@H](Cn2cnc3c(N)ncnc32)O1.CO. The molecule has 264 valence electrons. The van der Waals surface area contributed by atoms with Crippen LogP contribution < -0.4 is 15.3 Å². The number of aryl methyl sites for hydroxylation is 1. The first kappa shape index (κ1) is 37.4. The first-order valence-electron chi connectivity index (χ1n) is 15.9. The second kappa shape index (κ2) is 18.4. The van der Waals surface area contributed by atoms with Gasteiger partial charge in [0.05, 0.1) is 38.3 Å². The zero-order valence-corrected chi connectivity index (χ0v) is 28.7. The molecule has 5 rings (SSSR count). The molecule has 1 fully saturated rings. The van der Waals surface area contributed by atoms with Crippen LogP contribution in [0.15, 0.2) is 67.3 Å². The van der Waals surface area contributed by atoms with Gasteiger partial charge in [0.15, 0.2) is 11.5 Å². The molecule has 2 aromatic heterocycles. The molecule has 0 spiro atoms. The van der Waals surface area contributed by atoms with Crippen LogP contribution in [0.5, 0.6) is 5.75 Å². The van der Waals surface area contributed by atoms with Gasteiger partial charge in [-0.2, -0.15) is 5.09 Å². The molecule has 1 unspecified atom stereocenters. The first-order valence-corrected chi connectivity index (χ1v) is 17.4. The number of nitrogens with zero attached hydrogens (tertiary/aromatic N) is 4. The van der Waals surface area contributed by atoms with Crippen molar-refractivity contribution in [3.8, 4) is 5.75 Å². The van der Waals surface area contributed by atoms with Crippen LogP contribution in [0.4, 0.5) is 5.82 Å². The van der Waals surface area contributed by atoms with Crippen molar-refractivity contribution in [2.45, 2.75) is 70.9 Å². The van der Waals surface area contributed by atoms with E-state index < -0.39 is 25.9 Å². The van der Waals surface area contributed by atoms with Crippen molar-refractivity contribution in [3.63, 3.8) is 0 Å². The maximum Gasteiger partial charge on any atom is 0.459 e. The van der Waals surface area contributed by atoms with Gasteiger partial charge in [0, 0.05) is 13.5 Å². The van der Waals surface area contributed by atoms with E-state index in [0.717, 1.165) is 12.7 Å². The number of nitrogens with two attached hydrogens (primary N) is 1. The Balaban J connectivity index is 0.00000265. The summed E-state index contributed by atoms with van der Waals surface area (Å²) in [5.74, 6) is -0.444. The number of carbonyl (C=O) groups excluding carboxylic acids is 2. The molecule has 16 heteroatoms. The molecule has 4 aromatic rings. The fourth-order valence-corrected chi connectivity index (χ4v) is 6.66. The monoisotopic (exact) mass is 698 g/mol. The van der Waals surface area contributed by atoms with Crippen LogP contribution in [-0.4, -0.2) is 75.1 Å². The fourth-order valence-electron chi connectivity index (χ4n) is 5.10. The molecule has 1 saturated heterocycles. The third-order valence-corrected chi connectivity index (χ3v) is 9.11. The number of benzene rings is 2. The molecule has 49 heavy (non-hydrogen) atoms. The number of carbonyl (C=O) groups is 2. The Morgan fingerprint density at radius 2 is 1.80 bits per heavy atom. The largest absolute Gasteiger partial charge is 0.466 e. The second-order valence-corrected chi connectivity index (χ2v) is 12.7. The summed E-state index contributed by atoms with van der Waals surface area (Å²) >= 11 is 0. The second-order valence-electron chi connectivity index (χ2n) is 11.0. The molecule has 4 atom stereocenters.